The highest BCUT2D eigenvalue weighted by atomic mass is 32.1. The van der Waals surface area contributed by atoms with E-state index in [-0.39, 0.29) is 11.5 Å². The molecule has 0 radical (unpaired) electrons. The molecule has 3 aromatic rings. The van der Waals surface area contributed by atoms with Crippen LogP contribution in [0.3, 0.4) is 0 Å². The van der Waals surface area contributed by atoms with Crippen LogP contribution < -0.4 is 0 Å². The topological polar surface area (TPSA) is 37.5 Å². The molecule has 18 heavy (non-hydrogen) atoms. The van der Waals surface area contributed by atoms with E-state index in [2.05, 4.69) is 4.98 Å². The molecule has 5 heteroatoms. The van der Waals surface area contributed by atoms with Crippen LogP contribution >= 0.6 is 11.3 Å². The van der Waals surface area contributed by atoms with Crippen molar-refractivity contribution >= 4 is 17.0 Å². The second-order valence-corrected chi connectivity index (χ2v) is 5.00. The Morgan fingerprint density at radius 2 is 2.22 bits per heavy atom. The van der Waals surface area contributed by atoms with Crippen LogP contribution in [0.5, 0.6) is 0 Å². The molecule has 0 aromatic carbocycles. The van der Waals surface area contributed by atoms with Crippen LogP contribution in [0.2, 0.25) is 0 Å². The summed E-state index contributed by atoms with van der Waals surface area (Å²) in [5.74, 6) is -0.387. The lowest BCUT2D eigenvalue weighted by Crippen LogP contribution is -1.99. The predicted molar refractivity (Wildman–Crippen MR) is 69.1 cm³/mol. The molecule has 0 aliphatic rings. The molecule has 1 N–H and O–H groups in total. The van der Waals surface area contributed by atoms with E-state index in [0.29, 0.717) is 11.4 Å². The number of hydrogen-bond acceptors (Lipinski definition) is 3. The van der Waals surface area contributed by atoms with E-state index in [1.807, 2.05) is 17.5 Å². The summed E-state index contributed by atoms with van der Waals surface area (Å²) in [6.07, 6.45) is 1.00. The van der Waals surface area contributed by atoms with Crippen molar-refractivity contribution in [3.8, 4) is 10.6 Å². The maximum Gasteiger partial charge on any atom is 0.174 e. The smallest absolute Gasteiger partial charge is 0.174 e. The Morgan fingerprint density at radius 3 is 2.89 bits per heavy atom. The van der Waals surface area contributed by atoms with E-state index < -0.39 is 6.10 Å². The molecule has 0 fully saturated rings. The Morgan fingerprint density at radius 1 is 1.39 bits per heavy atom. The molecule has 3 aromatic heterocycles. The average Bonchev–Trinajstić information content (AvgIpc) is 2.95. The molecule has 0 amide bonds. The van der Waals surface area contributed by atoms with E-state index >= 15 is 0 Å². The first-order chi connectivity index (χ1) is 8.68. The predicted octanol–water partition coefficient (Wildman–Crippen LogP) is 3.26. The standard InChI is InChI=1S/C13H11FN2OS/c1-8(17)12-11(10-5-3-7-18-10)15-13-9(14)4-2-6-16(12)13/h2-8,17H,1H3. The summed E-state index contributed by atoms with van der Waals surface area (Å²) in [4.78, 5) is 5.24. The zero-order chi connectivity index (χ0) is 12.7. The summed E-state index contributed by atoms with van der Waals surface area (Å²) in [5.41, 5.74) is 1.51. The summed E-state index contributed by atoms with van der Waals surface area (Å²) in [5, 5.41) is 11.8. The third-order valence-electron chi connectivity index (χ3n) is 2.79. The fourth-order valence-corrected chi connectivity index (χ4v) is 2.77. The van der Waals surface area contributed by atoms with Crippen LogP contribution in [0.1, 0.15) is 18.7 Å². The SMILES string of the molecule is CC(O)c1c(-c2cccs2)nc2c(F)cccn12. The van der Waals surface area contributed by atoms with Gasteiger partial charge in [0.15, 0.2) is 11.5 Å². The number of aliphatic hydroxyl groups excluding tert-OH is 1. The Kier molecular flexibility index (Phi) is 2.65. The number of rotatable bonds is 2. The molecule has 0 bridgehead atoms. The first kappa shape index (κ1) is 11.4. The van der Waals surface area contributed by atoms with E-state index in [4.69, 9.17) is 0 Å². The Hall–Kier alpha value is -1.72. The van der Waals surface area contributed by atoms with Crippen LogP contribution in [-0.4, -0.2) is 14.5 Å². The molecule has 3 heterocycles. The van der Waals surface area contributed by atoms with Gasteiger partial charge in [0.05, 0.1) is 16.7 Å². The van der Waals surface area contributed by atoms with Crippen molar-refractivity contribution in [2.24, 2.45) is 0 Å². The van der Waals surface area contributed by atoms with Gasteiger partial charge in [0.2, 0.25) is 0 Å². The molecule has 1 unspecified atom stereocenters. The zero-order valence-corrected chi connectivity index (χ0v) is 10.5. The summed E-state index contributed by atoms with van der Waals surface area (Å²) >= 11 is 1.52. The number of thiophene rings is 1. The van der Waals surface area contributed by atoms with Gasteiger partial charge in [-0.15, -0.1) is 11.3 Å². The van der Waals surface area contributed by atoms with Gasteiger partial charge in [-0.1, -0.05) is 6.07 Å². The molecule has 0 spiro atoms. The van der Waals surface area contributed by atoms with Crippen LogP contribution in [0, 0.1) is 5.82 Å². The maximum atomic E-state index is 13.7. The van der Waals surface area contributed by atoms with Crippen molar-refractivity contribution in [2.75, 3.05) is 0 Å². The molecule has 92 valence electrons. The third-order valence-corrected chi connectivity index (χ3v) is 3.67. The number of hydrogen-bond donors (Lipinski definition) is 1. The number of pyridine rings is 1. The first-order valence-corrected chi connectivity index (χ1v) is 6.45. The van der Waals surface area contributed by atoms with Crippen molar-refractivity contribution in [1.82, 2.24) is 9.38 Å². The highest BCUT2D eigenvalue weighted by Crippen LogP contribution is 2.32. The monoisotopic (exact) mass is 262 g/mol. The molecule has 1 atom stereocenters. The molecule has 0 aliphatic carbocycles. The van der Waals surface area contributed by atoms with Crippen LogP contribution in [-0.2, 0) is 0 Å². The van der Waals surface area contributed by atoms with Gasteiger partial charge in [0.25, 0.3) is 0 Å². The number of aliphatic hydroxyl groups is 1. The fraction of sp³-hybridized carbons (Fsp3) is 0.154. The molecule has 0 aliphatic heterocycles. The van der Waals surface area contributed by atoms with Crippen molar-refractivity contribution in [3.05, 3.63) is 47.4 Å². The summed E-state index contributed by atoms with van der Waals surface area (Å²) < 4.78 is 15.3. The number of nitrogens with zero attached hydrogens (tertiary/aromatic N) is 2. The van der Waals surface area contributed by atoms with Gasteiger partial charge in [-0.2, -0.15) is 0 Å². The van der Waals surface area contributed by atoms with Gasteiger partial charge in [-0.25, -0.2) is 9.37 Å². The van der Waals surface area contributed by atoms with E-state index in [9.17, 15) is 9.50 Å². The third kappa shape index (κ3) is 1.63. The Bertz CT molecular complexity index is 688. The van der Waals surface area contributed by atoms with Crippen molar-refractivity contribution in [1.29, 1.82) is 0 Å². The van der Waals surface area contributed by atoms with Gasteiger partial charge in [-0.3, -0.25) is 4.40 Å². The molecule has 0 saturated heterocycles. The highest BCUT2D eigenvalue weighted by molar-refractivity contribution is 7.13. The molecule has 3 rings (SSSR count). The minimum Gasteiger partial charge on any atom is -0.387 e. The average molecular weight is 262 g/mol. The first-order valence-electron chi connectivity index (χ1n) is 5.57. The quantitative estimate of drug-likeness (QED) is 0.769. The largest absolute Gasteiger partial charge is 0.387 e. The van der Waals surface area contributed by atoms with Crippen molar-refractivity contribution in [3.63, 3.8) is 0 Å². The Balaban J connectivity index is 2.38. The van der Waals surface area contributed by atoms with E-state index in [1.165, 1.54) is 17.4 Å². The zero-order valence-electron chi connectivity index (χ0n) is 9.67. The normalized spacial score (nSPS) is 13.1. The van der Waals surface area contributed by atoms with Gasteiger partial charge in [0, 0.05) is 6.20 Å². The fourth-order valence-electron chi connectivity index (χ4n) is 2.05. The van der Waals surface area contributed by atoms with Gasteiger partial charge in [-0.05, 0) is 30.5 Å². The Labute approximate surface area is 107 Å². The maximum absolute atomic E-state index is 13.7. The van der Waals surface area contributed by atoms with Gasteiger partial charge in [0.1, 0.15) is 5.69 Å². The second-order valence-electron chi connectivity index (χ2n) is 4.05. The molecule has 3 nitrogen and oxygen atoms in total. The highest BCUT2D eigenvalue weighted by Gasteiger charge is 2.19. The number of fused-ring (bicyclic) bond motifs is 1. The number of imidazole rings is 1. The number of aromatic nitrogens is 2. The lowest BCUT2D eigenvalue weighted by molar-refractivity contribution is 0.194. The lowest BCUT2D eigenvalue weighted by Gasteiger charge is -2.06. The summed E-state index contributed by atoms with van der Waals surface area (Å²) in [7, 11) is 0. The van der Waals surface area contributed by atoms with Crippen molar-refractivity contribution < 1.29 is 9.50 Å². The van der Waals surface area contributed by atoms with Gasteiger partial charge >= 0.3 is 0 Å². The molecular weight excluding hydrogens is 251 g/mol. The lowest BCUT2D eigenvalue weighted by atomic mass is 10.2. The van der Waals surface area contributed by atoms with E-state index in [1.54, 1.807) is 23.6 Å². The summed E-state index contributed by atoms with van der Waals surface area (Å²) in [6, 6.07) is 6.79. The minimum absolute atomic E-state index is 0.247. The second kappa shape index (κ2) is 4.19. The molecule has 0 saturated carbocycles. The van der Waals surface area contributed by atoms with Crippen LogP contribution in [0.15, 0.2) is 35.8 Å². The van der Waals surface area contributed by atoms with Gasteiger partial charge < -0.3 is 5.11 Å². The molecular formula is C13H11FN2OS. The van der Waals surface area contributed by atoms with Crippen molar-refractivity contribution in [2.45, 2.75) is 13.0 Å². The van der Waals surface area contributed by atoms with Crippen LogP contribution in [0.4, 0.5) is 4.39 Å². The minimum atomic E-state index is -0.709. The van der Waals surface area contributed by atoms with Crippen LogP contribution in [0.25, 0.3) is 16.2 Å². The van der Waals surface area contributed by atoms with E-state index in [0.717, 1.165) is 4.88 Å². The summed E-state index contributed by atoms with van der Waals surface area (Å²) in [6.45, 7) is 1.66. The number of halogens is 1.